The summed E-state index contributed by atoms with van der Waals surface area (Å²) < 4.78 is 2.50. The van der Waals surface area contributed by atoms with Gasteiger partial charge in [0.2, 0.25) is 0 Å². The first-order chi connectivity index (χ1) is 15.6. The van der Waals surface area contributed by atoms with Gasteiger partial charge in [0.05, 0.1) is 16.7 Å². The number of aryl methyl sites for hydroxylation is 1. The van der Waals surface area contributed by atoms with Crippen molar-refractivity contribution in [1.82, 2.24) is 14.9 Å². The summed E-state index contributed by atoms with van der Waals surface area (Å²) in [5.41, 5.74) is 5.33. The molecule has 6 nitrogen and oxygen atoms in total. The molecular weight excluding hydrogens is 400 g/mol. The highest BCUT2D eigenvalue weighted by Gasteiger charge is 2.37. The van der Waals surface area contributed by atoms with Crippen molar-refractivity contribution in [1.29, 1.82) is 0 Å². The Balaban J connectivity index is 1.51. The number of piperidine rings is 1. The van der Waals surface area contributed by atoms with Crippen LogP contribution in [-0.4, -0.2) is 38.9 Å². The first kappa shape index (κ1) is 19.8. The highest BCUT2D eigenvalue weighted by Crippen LogP contribution is 2.41. The van der Waals surface area contributed by atoms with Crippen LogP contribution in [0, 0.1) is 0 Å². The smallest absolute Gasteiger partial charge is 0.412 e. The Morgan fingerprint density at radius 2 is 1.84 bits per heavy atom. The lowest BCUT2D eigenvalue weighted by atomic mass is 9.95. The van der Waals surface area contributed by atoms with Crippen LogP contribution in [0.2, 0.25) is 0 Å². The predicted octanol–water partition coefficient (Wildman–Crippen LogP) is 4.90. The van der Waals surface area contributed by atoms with E-state index in [2.05, 4.69) is 46.3 Å². The van der Waals surface area contributed by atoms with E-state index in [9.17, 15) is 9.90 Å². The molecule has 32 heavy (non-hydrogen) atoms. The minimum atomic E-state index is -0.878. The molecule has 1 amide bonds. The van der Waals surface area contributed by atoms with E-state index in [1.54, 1.807) is 0 Å². The quantitative estimate of drug-likeness (QED) is 0.620. The van der Waals surface area contributed by atoms with Crippen LogP contribution < -0.4 is 10.2 Å². The van der Waals surface area contributed by atoms with Gasteiger partial charge in [-0.05, 0) is 63.1 Å². The van der Waals surface area contributed by atoms with Crippen LogP contribution in [0.5, 0.6) is 0 Å². The average Bonchev–Trinajstić information content (AvgIpc) is 3.32. The van der Waals surface area contributed by atoms with Gasteiger partial charge in [-0.2, -0.15) is 0 Å². The number of hydrogen-bond donors (Lipinski definition) is 2. The lowest BCUT2D eigenvalue weighted by Gasteiger charge is -2.33. The number of nitrogens with zero attached hydrogens (tertiary/aromatic N) is 3. The van der Waals surface area contributed by atoms with E-state index in [1.165, 1.54) is 28.8 Å². The standard InChI is InChI=1S/C26H30N4O2/c1-16-7-10-21-22(29(16)26(31)32)11-12-23-25(21)28-24(13-17-5-3-2-4-6-17)30(23)20-14-18-8-9-19(15-20)27-18/h2-6,11-12,16,18-20,27H,7-10,13-15H2,1H3,(H,31,32)/t16-,18?,19?,20?/m0/s1. The van der Waals surface area contributed by atoms with E-state index in [0.29, 0.717) is 18.1 Å². The molecule has 0 radical (unpaired) electrons. The maximum atomic E-state index is 12.0. The van der Waals surface area contributed by atoms with Crippen molar-refractivity contribution >= 4 is 22.8 Å². The normalized spacial score (nSPS) is 27.0. The minimum Gasteiger partial charge on any atom is -0.465 e. The molecule has 3 aromatic rings. The number of fused-ring (bicyclic) bond motifs is 5. The fourth-order valence-electron chi connectivity index (χ4n) is 6.29. The monoisotopic (exact) mass is 430 g/mol. The minimum absolute atomic E-state index is 0.0108. The second-order valence-electron chi connectivity index (χ2n) is 9.79. The fraction of sp³-hybridized carbons (Fsp3) is 0.462. The maximum Gasteiger partial charge on any atom is 0.412 e. The molecule has 2 fully saturated rings. The van der Waals surface area contributed by atoms with Gasteiger partial charge < -0.3 is 15.0 Å². The summed E-state index contributed by atoms with van der Waals surface area (Å²) in [6, 6.07) is 16.3. The number of rotatable bonds is 3. The molecule has 0 spiro atoms. The van der Waals surface area contributed by atoms with E-state index >= 15 is 0 Å². The van der Waals surface area contributed by atoms with Crippen molar-refractivity contribution in [2.45, 2.75) is 76.0 Å². The Bertz CT molecular complexity index is 1160. The van der Waals surface area contributed by atoms with Gasteiger partial charge in [0.15, 0.2) is 0 Å². The van der Waals surface area contributed by atoms with Gasteiger partial charge in [0.25, 0.3) is 0 Å². The lowest BCUT2D eigenvalue weighted by Crippen LogP contribution is -2.41. The number of carbonyl (C=O) groups is 1. The molecule has 3 aliphatic rings. The second kappa shape index (κ2) is 7.62. The molecule has 1 aromatic heterocycles. The maximum absolute atomic E-state index is 12.0. The Kier molecular flexibility index (Phi) is 4.72. The van der Waals surface area contributed by atoms with E-state index in [0.717, 1.165) is 54.7 Å². The first-order valence-electron chi connectivity index (χ1n) is 11.9. The third kappa shape index (κ3) is 3.20. The molecule has 2 aromatic carbocycles. The summed E-state index contributed by atoms with van der Waals surface area (Å²) >= 11 is 0. The first-order valence-corrected chi connectivity index (χ1v) is 11.9. The van der Waals surface area contributed by atoms with Crippen LogP contribution >= 0.6 is 0 Å². The molecule has 0 saturated carbocycles. The lowest BCUT2D eigenvalue weighted by molar-refractivity contribution is 0.198. The number of hydrogen-bond acceptors (Lipinski definition) is 3. The summed E-state index contributed by atoms with van der Waals surface area (Å²) in [5.74, 6) is 1.10. The molecule has 6 heteroatoms. The van der Waals surface area contributed by atoms with E-state index in [1.807, 2.05) is 13.0 Å². The molecule has 2 bridgehead atoms. The van der Waals surface area contributed by atoms with Gasteiger partial charge in [-0.15, -0.1) is 0 Å². The Labute approximate surface area is 188 Å². The molecule has 2 saturated heterocycles. The Hall–Kier alpha value is -2.86. The topological polar surface area (TPSA) is 70.4 Å². The van der Waals surface area contributed by atoms with Crippen LogP contribution in [0.1, 0.15) is 62.0 Å². The number of benzene rings is 2. The third-order valence-corrected chi connectivity index (χ3v) is 7.75. The van der Waals surface area contributed by atoms with Gasteiger partial charge in [0, 0.05) is 36.2 Å². The van der Waals surface area contributed by atoms with E-state index < -0.39 is 6.09 Å². The Morgan fingerprint density at radius 1 is 1.09 bits per heavy atom. The van der Waals surface area contributed by atoms with E-state index in [4.69, 9.17) is 4.98 Å². The molecule has 2 N–H and O–H groups in total. The van der Waals surface area contributed by atoms with Gasteiger partial charge in [-0.25, -0.2) is 9.78 Å². The van der Waals surface area contributed by atoms with Crippen LogP contribution in [0.25, 0.3) is 11.0 Å². The number of nitrogens with one attached hydrogen (secondary N) is 1. The number of amides is 1. The molecular formula is C26H30N4O2. The van der Waals surface area contributed by atoms with Crippen LogP contribution in [-0.2, 0) is 12.8 Å². The average molecular weight is 431 g/mol. The summed E-state index contributed by atoms with van der Waals surface area (Å²) in [6.45, 7) is 1.99. The largest absolute Gasteiger partial charge is 0.465 e. The van der Waals surface area contributed by atoms with Gasteiger partial charge >= 0.3 is 6.09 Å². The molecule has 3 atom stereocenters. The number of carboxylic acid groups (broad SMARTS) is 1. The zero-order chi connectivity index (χ0) is 21.8. The van der Waals surface area contributed by atoms with Crippen molar-refractivity contribution < 1.29 is 9.90 Å². The summed E-state index contributed by atoms with van der Waals surface area (Å²) in [7, 11) is 0. The van der Waals surface area contributed by atoms with Crippen molar-refractivity contribution in [3.63, 3.8) is 0 Å². The van der Waals surface area contributed by atoms with Crippen molar-refractivity contribution in [2.24, 2.45) is 0 Å². The molecule has 2 unspecified atom stereocenters. The van der Waals surface area contributed by atoms with Crippen LogP contribution in [0.15, 0.2) is 42.5 Å². The fourth-order valence-corrected chi connectivity index (χ4v) is 6.29. The zero-order valence-corrected chi connectivity index (χ0v) is 18.5. The van der Waals surface area contributed by atoms with Gasteiger partial charge in [-0.3, -0.25) is 4.90 Å². The zero-order valence-electron chi connectivity index (χ0n) is 18.5. The molecule has 0 aliphatic carbocycles. The molecule has 4 heterocycles. The number of aromatic nitrogens is 2. The summed E-state index contributed by atoms with van der Waals surface area (Å²) in [4.78, 5) is 18.7. The van der Waals surface area contributed by atoms with E-state index in [-0.39, 0.29) is 6.04 Å². The Morgan fingerprint density at radius 3 is 2.56 bits per heavy atom. The molecule has 3 aliphatic heterocycles. The highest BCUT2D eigenvalue weighted by atomic mass is 16.4. The summed E-state index contributed by atoms with van der Waals surface area (Å²) in [5, 5.41) is 13.6. The highest BCUT2D eigenvalue weighted by molar-refractivity contribution is 5.94. The van der Waals surface area contributed by atoms with Gasteiger partial charge in [0.1, 0.15) is 5.82 Å². The van der Waals surface area contributed by atoms with Crippen molar-refractivity contribution in [2.75, 3.05) is 4.90 Å². The molecule has 166 valence electrons. The number of imidazole rings is 1. The van der Waals surface area contributed by atoms with Gasteiger partial charge in [-0.1, -0.05) is 30.3 Å². The second-order valence-corrected chi connectivity index (χ2v) is 9.79. The third-order valence-electron chi connectivity index (χ3n) is 7.75. The van der Waals surface area contributed by atoms with Crippen LogP contribution in [0.3, 0.4) is 0 Å². The number of anilines is 1. The predicted molar refractivity (Wildman–Crippen MR) is 125 cm³/mol. The van der Waals surface area contributed by atoms with Crippen molar-refractivity contribution in [3.05, 3.63) is 59.4 Å². The van der Waals surface area contributed by atoms with Crippen LogP contribution in [0.4, 0.5) is 10.5 Å². The summed E-state index contributed by atoms with van der Waals surface area (Å²) in [6.07, 6.45) is 6.43. The molecule has 6 rings (SSSR count). The SMILES string of the molecule is C[C@H]1CCc2c(ccc3c2nc(Cc2ccccc2)n3C2CC3CCC(C2)N3)N1C(=O)O. The van der Waals surface area contributed by atoms with Crippen molar-refractivity contribution in [3.8, 4) is 0 Å².